The largest absolute Gasteiger partial charge is 0.416 e. The van der Waals surface area contributed by atoms with Crippen molar-refractivity contribution in [3.63, 3.8) is 0 Å². The molecule has 6 aromatic carbocycles. The minimum Gasteiger partial charge on any atom is -0.258 e. The molecule has 0 spiro atoms. The molecular weight excluding hydrogens is 1100 g/mol. The number of nitro groups is 1. The Balaban J connectivity index is 0.000000397. The third kappa shape index (κ3) is 13.2. The average molecular weight is 1130 g/mol. The third-order valence-corrected chi connectivity index (χ3v) is 11.7. The standard InChI is InChI=1S/C32H12BF24.C16H13N2O2/c34-25(35,36)13-1-14(26(37,38)39)6-21(5-13)33(22-7-15(27(40,41)42)2-16(8-22)28(43,44)45,23-9-17(29(46,47)48)3-18(10-23)30(49,50)51)24-11-19(31(52,53)54)4-20(12-24)32(55,56)57;19-18(20)15-10-14-8-4-5-9-16(14)17(12-15)11-13-6-2-1-3-7-13/h1-12H;1-10,12H,11H2/q-1;+1. The Hall–Kier alpha value is -7.49. The number of hydrogen-bond acceptors (Lipinski definition) is 2. The van der Waals surface area contributed by atoms with Crippen molar-refractivity contribution in [1.29, 1.82) is 0 Å². The van der Waals surface area contributed by atoms with E-state index in [1.807, 2.05) is 59.2 Å². The summed E-state index contributed by atoms with van der Waals surface area (Å²) in [4.78, 5) is 10.7. The number of halogens is 24. The van der Waals surface area contributed by atoms with E-state index in [-0.39, 0.29) is 10.6 Å². The molecule has 0 aliphatic carbocycles. The highest BCUT2D eigenvalue weighted by Crippen LogP contribution is 2.41. The molecule has 0 bridgehead atoms. The zero-order valence-electron chi connectivity index (χ0n) is 37.3. The van der Waals surface area contributed by atoms with Crippen LogP contribution in [-0.2, 0) is 56.0 Å². The molecular formula is C48H25BF24N2O2. The van der Waals surface area contributed by atoms with Gasteiger partial charge in [-0.25, -0.2) is 0 Å². The zero-order valence-corrected chi connectivity index (χ0v) is 37.3. The second kappa shape index (κ2) is 20.1. The topological polar surface area (TPSA) is 47.0 Å². The normalized spacial score (nSPS) is 13.4. The second-order valence-electron chi connectivity index (χ2n) is 16.9. The minimum atomic E-state index is -6.13. The van der Waals surface area contributed by atoms with Crippen LogP contribution >= 0.6 is 0 Å². The molecule has 0 aliphatic heterocycles. The molecule has 0 N–H and O–H groups in total. The van der Waals surface area contributed by atoms with Gasteiger partial charge in [0.1, 0.15) is 6.15 Å². The maximum absolute atomic E-state index is 14.2. The van der Waals surface area contributed by atoms with Crippen LogP contribution in [0.2, 0.25) is 0 Å². The average Bonchev–Trinajstić information content (AvgIpc) is 3.30. The molecule has 0 atom stereocenters. The van der Waals surface area contributed by atoms with Gasteiger partial charge >= 0.3 is 55.1 Å². The maximum Gasteiger partial charge on any atom is 0.416 e. The first-order chi connectivity index (χ1) is 35.0. The Labute approximate surface area is 414 Å². The molecule has 7 rings (SSSR count). The number of nitrogens with zero attached hydrogens (tertiary/aromatic N) is 2. The van der Waals surface area contributed by atoms with Gasteiger partial charge in [0, 0.05) is 17.7 Å². The SMILES string of the molecule is FC(F)(F)c1cc([B-](c2cc(C(F)(F)F)cc(C(F)(F)F)c2)(c2cc(C(F)(F)F)cc(C(F)(F)F)c2)c2cc(C(F)(F)F)cc(C(F)(F)F)c2)cc(C(F)(F)F)c1.O=[N+]([O-])c1cc2ccccc2[n+](Cc2ccccc2)c1. The monoisotopic (exact) mass is 1130 g/mol. The van der Waals surface area contributed by atoms with Crippen molar-refractivity contribution in [3.05, 3.63) is 200 Å². The van der Waals surface area contributed by atoms with E-state index in [9.17, 15) is 115 Å². The predicted molar refractivity (Wildman–Crippen MR) is 226 cm³/mol. The van der Waals surface area contributed by atoms with Gasteiger partial charge in [0.2, 0.25) is 11.7 Å². The second-order valence-corrected chi connectivity index (χ2v) is 16.9. The fraction of sp³-hybridized carbons (Fsp3) is 0.188. The highest BCUT2D eigenvalue weighted by molar-refractivity contribution is 7.20. The lowest BCUT2D eigenvalue weighted by molar-refractivity contribution is -0.665. The molecule has 0 unspecified atom stereocenters. The summed E-state index contributed by atoms with van der Waals surface area (Å²) >= 11 is 0. The molecule has 4 nitrogen and oxygen atoms in total. The molecule has 1 heterocycles. The van der Waals surface area contributed by atoms with E-state index in [4.69, 9.17) is 0 Å². The quantitative estimate of drug-likeness (QED) is 0.0525. The highest BCUT2D eigenvalue weighted by Gasteiger charge is 2.47. The van der Waals surface area contributed by atoms with Crippen LogP contribution in [0.5, 0.6) is 0 Å². The number of aromatic nitrogens is 1. The van der Waals surface area contributed by atoms with Gasteiger partial charge in [-0.1, -0.05) is 91.0 Å². The molecule has 410 valence electrons. The first-order valence-electron chi connectivity index (χ1n) is 21.0. The van der Waals surface area contributed by atoms with Gasteiger partial charge in [-0.15, -0.1) is 0 Å². The summed E-state index contributed by atoms with van der Waals surface area (Å²) in [5.41, 5.74) is -28.0. The summed E-state index contributed by atoms with van der Waals surface area (Å²) in [5.74, 6) is 0. The van der Waals surface area contributed by atoms with E-state index in [0.29, 0.717) is 6.54 Å². The molecule has 0 amide bonds. The third-order valence-electron chi connectivity index (χ3n) is 11.7. The number of para-hydroxylation sites is 1. The Kier molecular flexibility index (Phi) is 15.4. The Morgan fingerprint density at radius 1 is 0.364 bits per heavy atom. The summed E-state index contributed by atoms with van der Waals surface area (Å²) in [5, 5.41) is 11.9. The smallest absolute Gasteiger partial charge is 0.258 e. The first kappa shape index (κ1) is 58.8. The zero-order chi connectivity index (χ0) is 57.9. The molecule has 0 radical (unpaired) electrons. The fourth-order valence-electron chi connectivity index (χ4n) is 8.38. The number of benzene rings is 6. The van der Waals surface area contributed by atoms with Gasteiger partial charge in [-0.2, -0.15) is 132 Å². The number of rotatable bonds is 7. The van der Waals surface area contributed by atoms with E-state index < -0.39 is 195 Å². The van der Waals surface area contributed by atoms with E-state index in [1.165, 1.54) is 0 Å². The van der Waals surface area contributed by atoms with Crippen molar-refractivity contribution < 1.29 is 115 Å². The van der Waals surface area contributed by atoms with Crippen molar-refractivity contribution in [2.45, 2.75) is 56.0 Å². The molecule has 1 aromatic heterocycles. The van der Waals surface area contributed by atoms with Crippen molar-refractivity contribution >= 4 is 44.6 Å². The van der Waals surface area contributed by atoms with Crippen LogP contribution in [0.3, 0.4) is 0 Å². The van der Waals surface area contributed by atoms with Crippen LogP contribution in [0.1, 0.15) is 50.1 Å². The summed E-state index contributed by atoms with van der Waals surface area (Å²) in [6.07, 6.45) is -53.2. The van der Waals surface area contributed by atoms with Gasteiger partial charge in [-0.05, 0) is 30.3 Å². The van der Waals surface area contributed by atoms with Crippen LogP contribution in [0.4, 0.5) is 111 Å². The van der Waals surface area contributed by atoms with E-state index in [0.717, 1.165) is 16.5 Å². The summed E-state index contributed by atoms with van der Waals surface area (Å²) in [6, 6.07) is 10.4. The summed E-state index contributed by atoms with van der Waals surface area (Å²) in [7, 11) is 0. The number of fused-ring (bicyclic) bond motifs is 1. The van der Waals surface area contributed by atoms with Crippen molar-refractivity contribution in [2.75, 3.05) is 0 Å². The maximum atomic E-state index is 14.2. The molecule has 29 heteroatoms. The lowest BCUT2D eigenvalue weighted by Crippen LogP contribution is -2.75. The van der Waals surface area contributed by atoms with Crippen LogP contribution in [0, 0.1) is 10.1 Å². The summed E-state index contributed by atoms with van der Waals surface area (Å²) in [6.45, 7) is 0.614. The van der Waals surface area contributed by atoms with Gasteiger partial charge < -0.3 is 0 Å². The molecule has 0 aliphatic rings. The van der Waals surface area contributed by atoms with Gasteiger partial charge in [0.05, 0.1) is 54.8 Å². The lowest BCUT2D eigenvalue weighted by atomic mass is 9.12. The van der Waals surface area contributed by atoms with Crippen LogP contribution < -0.4 is 26.4 Å². The minimum absolute atomic E-state index is 0.111. The lowest BCUT2D eigenvalue weighted by Gasteiger charge is -2.46. The summed E-state index contributed by atoms with van der Waals surface area (Å²) < 4.78 is 343. The van der Waals surface area contributed by atoms with Crippen LogP contribution in [0.15, 0.2) is 140 Å². The molecule has 77 heavy (non-hydrogen) atoms. The highest BCUT2D eigenvalue weighted by atomic mass is 19.4. The fourth-order valence-corrected chi connectivity index (χ4v) is 8.38. The number of hydrogen-bond donors (Lipinski definition) is 0. The van der Waals surface area contributed by atoms with Gasteiger partial charge in [0.15, 0.2) is 6.54 Å². The van der Waals surface area contributed by atoms with Crippen molar-refractivity contribution in [1.82, 2.24) is 0 Å². The van der Waals surface area contributed by atoms with Gasteiger partial charge in [0.25, 0.3) is 0 Å². The van der Waals surface area contributed by atoms with E-state index >= 15 is 0 Å². The van der Waals surface area contributed by atoms with E-state index in [1.54, 1.807) is 12.3 Å². The molecule has 7 aromatic rings. The molecule has 0 saturated carbocycles. The predicted octanol–water partition coefficient (Wildman–Crippen LogP) is 14.3. The van der Waals surface area contributed by atoms with Crippen molar-refractivity contribution in [3.8, 4) is 0 Å². The Bertz CT molecular complexity index is 2880. The first-order valence-corrected chi connectivity index (χ1v) is 21.0. The van der Waals surface area contributed by atoms with Crippen molar-refractivity contribution in [2.24, 2.45) is 0 Å². The number of pyridine rings is 1. The molecule has 0 saturated heterocycles. The Morgan fingerprint density at radius 3 is 0.883 bits per heavy atom. The van der Waals surface area contributed by atoms with E-state index in [2.05, 4.69) is 0 Å². The Morgan fingerprint density at radius 2 is 0.623 bits per heavy atom. The van der Waals surface area contributed by atoms with Gasteiger partial charge in [-0.3, -0.25) is 10.1 Å². The van der Waals surface area contributed by atoms with Crippen LogP contribution in [0.25, 0.3) is 10.9 Å². The van der Waals surface area contributed by atoms with Crippen LogP contribution in [-0.4, -0.2) is 11.1 Å². The molecule has 0 fully saturated rings. The number of alkyl halides is 24.